The molecule has 20 heavy (non-hydrogen) atoms. The van der Waals surface area contributed by atoms with Crippen LogP contribution in [0, 0.1) is 0 Å². The van der Waals surface area contributed by atoms with E-state index >= 15 is 0 Å². The van der Waals surface area contributed by atoms with Gasteiger partial charge < -0.3 is 20.1 Å². The number of phenols is 1. The molecule has 0 atom stereocenters. The number of hydrogen-bond acceptors (Lipinski definition) is 4. The first-order valence-electron chi connectivity index (χ1n) is 7.47. The van der Waals surface area contributed by atoms with Crippen LogP contribution >= 0.6 is 0 Å². The maximum Gasteiger partial charge on any atom is 0.160 e. The molecule has 1 aliphatic rings. The van der Waals surface area contributed by atoms with Crippen molar-refractivity contribution in [3.05, 3.63) is 23.8 Å². The number of ether oxygens (including phenoxy) is 1. The van der Waals surface area contributed by atoms with Crippen LogP contribution in [0.5, 0.6) is 11.5 Å². The first kappa shape index (κ1) is 15.1. The van der Waals surface area contributed by atoms with Crippen LogP contribution in [0.4, 0.5) is 0 Å². The number of nitrogens with one attached hydrogen (secondary N) is 1. The summed E-state index contributed by atoms with van der Waals surface area (Å²) in [6, 6.07) is 6.26. The molecule has 0 radical (unpaired) electrons. The van der Waals surface area contributed by atoms with Crippen LogP contribution in [0.1, 0.15) is 31.2 Å². The van der Waals surface area contributed by atoms with E-state index in [0.29, 0.717) is 5.75 Å². The molecule has 0 heterocycles. The van der Waals surface area contributed by atoms with Crippen molar-refractivity contribution in [1.29, 1.82) is 0 Å². The molecule has 0 aromatic heterocycles. The number of hydrogen-bond donors (Lipinski definition) is 2. The Morgan fingerprint density at radius 2 is 2.10 bits per heavy atom. The van der Waals surface area contributed by atoms with Gasteiger partial charge in [-0.15, -0.1) is 0 Å². The fourth-order valence-corrected chi connectivity index (χ4v) is 2.85. The predicted octanol–water partition coefficient (Wildman–Crippen LogP) is 2.36. The van der Waals surface area contributed by atoms with Gasteiger partial charge in [0.15, 0.2) is 11.5 Å². The van der Waals surface area contributed by atoms with Crippen LogP contribution < -0.4 is 10.1 Å². The Labute approximate surface area is 121 Å². The number of aromatic hydroxyl groups is 1. The van der Waals surface area contributed by atoms with Crippen LogP contribution in [0.25, 0.3) is 0 Å². The second-order valence-electron chi connectivity index (χ2n) is 5.60. The Morgan fingerprint density at radius 3 is 2.80 bits per heavy atom. The standard InChI is InChI=1S/C16H26N2O2/c1-18(14-5-3-4-6-14)10-9-17-12-13-7-8-15(19)16(11-13)20-2/h7-8,11,14,17,19H,3-6,9-10,12H2,1-2H3. The van der Waals surface area contributed by atoms with Gasteiger partial charge in [0, 0.05) is 25.7 Å². The zero-order valence-electron chi connectivity index (χ0n) is 12.6. The van der Waals surface area contributed by atoms with Gasteiger partial charge in [0.05, 0.1) is 7.11 Å². The Balaban J connectivity index is 1.70. The summed E-state index contributed by atoms with van der Waals surface area (Å²) in [5.74, 6) is 0.726. The molecule has 1 aromatic rings. The summed E-state index contributed by atoms with van der Waals surface area (Å²) in [7, 11) is 3.80. The quantitative estimate of drug-likeness (QED) is 0.752. The third-order valence-electron chi connectivity index (χ3n) is 4.16. The molecule has 0 saturated heterocycles. The lowest BCUT2D eigenvalue weighted by molar-refractivity contribution is 0.245. The molecule has 0 aliphatic heterocycles. The van der Waals surface area contributed by atoms with Gasteiger partial charge >= 0.3 is 0 Å². The molecule has 0 spiro atoms. The van der Waals surface area contributed by atoms with Gasteiger partial charge in [-0.3, -0.25) is 0 Å². The second-order valence-corrected chi connectivity index (χ2v) is 5.60. The highest BCUT2D eigenvalue weighted by atomic mass is 16.5. The molecule has 1 fully saturated rings. The van der Waals surface area contributed by atoms with E-state index in [1.165, 1.54) is 25.7 Å². The van der Waals surface area contributed by atoms with Crippen molar-refractivity contribution in [3.63, 3.8) is 0 Å². The van der Waals surface area contributed by atoms with Crippen molar-refractivity contribution in [3.8, 4) is 11.5 Å². The minimum atomic E-state index is 0.192. The number of likely N-dealkylation sites (N-methyl/N-ethyl adjacent to an activating group) is 1. The van der Waals surface area contributed by atoms with Gasteiger partial charge in [0.2, 0.25) is 0 Å². The molecule has 2 rings (SSSR count). The maximum absolute atomic E-state index is 9.55. The van der Waals surface area contributed by atoms with E-state index in [1.807, 2.05) is 12.1 Å². The van der Waals surface area contributed by atoms with Crippen LogP contribution in [-0.2, 0) is 6.54 Å². The van der Waals surface area contributed by atoms with Gasteiger partial charge in [-0.1, -0.05) is 18.9 Å². The average molecular weight is 278 g/mol. The molecule has 1 saturated carbocycles. The number of phenolic OH excluding ortho intramolecular Hbond substituents is 1. The molecule has 0 bridgehead atoms. The van der Waals surface area contributed by atoms with E-state index in [0.717, 1.165) is 31.2 Å². The summed E-state index contributed by atoms with van der Waals surface area (Å²) in [5, 5.41) is 13.0. The van der Waals surface area contributed by atoms with Crippen molar-refractivity contribution in [1.82, 2.24) is 10.2 Å². The zero-order chi connectivity index (χ0) is 14.4. The first-order valence-corrected chi connectivity index (χ1v) is 7.47. The van der Waals surface area contributed by atoms with E-state index in [9.17, 15) is 5.11 Å². The summed E-state index contributed by atoms with van der Waals surface area (Å²) >= 11 is 0. The van der Waals surface area contributed by atoms with Crippen molar-refractivity contribution in [2.45, 2.75) is 38.3 Å². The fourth-order valence-electron chi connectivity index (χ4n) is 2.85. The zero-order valence-corrected chi connectivity index (χ0v) is 12.6. The Morgan fingerprint density at radius 1 is 1.35 bits per heavy atom. The smallest absolute Gasteiger partial charge is 0.160 e. The van der Waals surface area contributed by atoms with Gasteiger partial charge in [-0.05, 0) is 37.6 Å². The molecule has 0 amide bonds. The molecular weight excluding hydrogens is 252 g/mol. The van der Waals surface area contributed by atoms with Crippen LogP contribution in [-0.4, -0.2) is 43.3 Å². The molecule has 1 aliphatic carbocycles. The minimum Gasteiger partial charge on any atom is -0.504 e. The number of rotatable bonds is 7. The largest absolute Gasteiger partial charge is 0.504 e. The van der Waals surface area contributed by atoms with Crippen LogP contribution in [0.15, 0.2) is 18.2 Å². The highest BCUT2D eigenvalue weighted by molar-refractivity contribution is 5.41. The third-order valence-corrected chi connectivity index (χ3v) is 4.16. The Kier molecular flexibility index (Phi) is 5.68. The molecule has 112 valence electrons. The SMILES string of the molecule is COc1cc(CNCCN(C)C2CCCC2)ccc1O. The summed E-state index contributed by atoms with van der Waals surface area (Å²) in [4.78, 5) is 2.47. The third kappa shape index (κ3) is 4.12. The van der Waals surface area contributed by atoms with Gasteiger partial charge in [-0.25, -0.2) is 0 Å². The summed E-state index contributed by atoms with van der Waals surface area (Å²) in [5.41, 5.74) is 1.13. The number of nitrogens with zero attached hydrogens (tertiary/aromatic N) is 1. The van der Waals surface area contributed by atoms with Gasteiger partial charge in [0.1, 0.15) is 0 Å². The molecule has 1 aromatic carbocycles. The monoisotopic (exact) mass is 278 g/mol. The molecule has 4 nitrogen and oxygen atoms in total. The van der Waals surface area contributed by atoms with Gasteiger partial charge in [-0.2, -0.15) is 0 Å². The van der Waals surface area contributed by atoms with E-state index < -0.39 is 0 Å². The second kappa shape index (κ2) is 7.50. The normalized spacial score (nSPS) is 15.9. The van der Waals surface area contributed by atoms with Crippen molar-refractivity contribution in [2.75, 3.05) is 27.2 Å². The number of methoxy groups -OCH3 is 1. The van der Waals surface area contributed by atoms with Crippen molar-refractivity contribution >= 4 is 0 Å². The summed E-state index contributed by atoms with van der Waals surface area (Å²) in [6.45, 7) is 2.87. The van der Waals surface area contributed by atoms with E-state index in [2.05, 4.69) is 17.3 Å². The lowest BCUT2D eigenvalue weighted by Gasteiger charge is -2.24. The Bertz CT molecular complexity index is 417. The molecule has 4 heteroatoms. The van der Waals surface area contributed by atoms with E-state index in [-0.39, 0.29) is 5.75 Å². The van der Waals surface area contributed by atoms with Crippen molar-refractivity contribution in [2.24, 2.45) is 0 Å². The maximum atomic E-state index is 9.55. The van der Waals surface area contributed by atoms with E-state index in [1.54, 1.807) is 13.2 Å². The lowest BCUT2D eigenvalue weighted by atomic mass is 10.2. The highest BCUT2D eigenvalue weighted by Crippen LogP contribution is 2.26. The van der Waals surface area contributed by atoms with Crippen LogP contribution in [0.3, 0.4) is 0 Å². The first-order chi connectivity index (χ1) is 9.70. The summed E-state index contributed by atoms with van der Waals surface area (Å²) < 4.78 is 5.11. The fraction of sp³-hybridized carbons (Fsp3) is 0.625. The van der Waals surface area contributed by atoms with Crippen LogP contribution in [0.2, 0.25) is 0 Å². The Hall–Kier alpha value is -1.26. The average Bonchev–Trinajstić information content (AvgIpc) is 2.99. The van der Waals surface area contributed by atoms with Crippen molar-refractivity contribution < 1.29 is 9.84 Å². The number of benzene rings is 1. The highest BCUT2D eigenvalue weighted by Gasteiger charge is 2.18. The minimum absolute atomic E-state index is 0.192. The lowest BCUT2D eigenvalue weighted by Crippen LogP contribution is -2.35. The molecule has 2 N–H and O–H groups in total. The molecule has 0 unspecified atom stereocenters. The molecular formula is C16H26N2O2. The van der Waals surface area contributed by atoms with Gasteiger partial charge in [0.25, 0.3) is 0 Å². The predicted molar refractivity (Wildman–Crippen MR) is 81.3 cm³/mol. The summed E-state index contributed by atoms with van der Waals surface area (Å²) in [6.07, 6.45) is 5.47. The van der Waals surface area contributed by atoms with E-state index in [4.69, 9.17) is 4.74 Å². The topological polar surface area (TPSA) is 44.7 Å².